The van der Waals surface area contributed by atoms with E-state index in [2.05, 4.69) is 42.8 Å². The zero-order valence-corrected chi connectivity index (χ0v) is 12.6. The third-order valence-electron chi connectivity index (χ3n) is 3.15. The molecule has 0 aromatic heterocycles. The van der Waals surface area contributed by atoms with Gasteiger partial charge in [0.25, 0.3) is 0 Å². The predicted octanol–water partition coefficient (Wildman–Crippen LogP) is 3.75. The van der Waals surface area contributed by atoms with Crippen molar-refractivity contribution in [1.29, 1.82) is 0 Å². The molecule has 0 saturated carbocycles. The number of nitrogens with zero attached hydrogens (tertiary/aromatic N) is 3. The van der Waals surface area contributed by atoms with Crippen molar-refractivity contribution in [2.45, 2.75) is 25.9 Å². The predicted molar refractivity (Wildman–Crippen MR) is 84.2 cm³/mol. The summed E-state index contributed by atoms with van der Waals surface area (Å²) in [4.78, 5) is 1.89. The van der Waals surface area contributed by atoms with E-state index in [9.17, 15) is 0 Å². The van der Waals surface area contributed by atoms with Crippen molar-refractivity contribution in [3.05, 3.63) is 42.5 Å². The summed E-state index contributed by atoms with van der Waals surface area (Å²) < 4.78 is 5.76. The SMILES string of the molecule is C=CCN1C(=S)N=NC1COc1ccc(C(C)C)cc1. The van der Waals surface area contributed by atoms with Gasteiger partial charge in [-0.25, -0.2) is 0 Å². The summed E-state index contributed by atoms with van der Waals surface area (Å²) in [5.41, 5.74) is 1.30. The number of ether oxygens (including phenoxy) is 1. The van der Waals surface area contributed by atoms with Crippen LogP contribution in [0.1, 0.15) is 25.3 Å². The van der Waals surface area contributed by atoms with Gasteiger partial charge in [0.2, 0.25) is 5.11 Å². The Kier molecular flexibility index (Phi) is 4.84. The van der Waals surface area contributed by atoms with Gasteiger partial charge >= 0.3 is 0 Å². The molecule has 1 unspecified atom stereocenters. The number of thiocarbonyl (C=S) groups is 1. The van der Waals surface area contributed by atoms with Crippen LogP contribution >= 0.6 is 12.2 Å². The fourth-order valence-corrected chi connectivity index (χ4v) is 2.19. The van der Waals surface area contributed by atoms with Crippen LogP contribution in [0.4, 0.5) is 0 Å². The van der Waals surface area contributed by atoms with Gasteiger partial charge in [0.15, 0.2) is 6.17 Å². The highest BCUT2D eigenvalue weighted by Crippen LogP contribution is 2.20. The fraction of sp³-hybridized carbons (Fsp3) is 0.400. The molecule has 1 aromatic carbocycles. The van der Waals surface area contributed by atoms with Crippen LogP contribution in [0.25, 0.3) is 0 Å². The van der Waals surface area contributed by atoms with Crippen LogP contribution in [-0.2, 0) is 0 Å². The lowest BCUT2D eigenvalue weighted by atomic mass is 10.0. The number of azo groups is 1. The first-order valence-electron chi connectivity index (χ1n) is 6.67. The number of hydrogen-bond donors (Lipinski definition) is 0. The van der Waals surface area contributed by atoms with Crippen molar-refractivity contribution in [1.82, 2.24) is 4.90 Å². The van der Waals surface area contributed by atoms with Crippen LogP contribution in [-0.4, -0.2) is 29.3 Å². The summed E-state index contributed by atoms with van der Waals surface area (Å²) in [7, 11) is 0. The van der Waals surface area contributed by atoms with Gasteiger partial charge in [0.05, 0.1) is 0 Å². The zero-order valence-electron chi connectivity index (χ0n) is 11.8. The molecule has 0 fully saturated rings. The van der Waals surface area contributed by atoms with E-state index in [0.717, 1.165) is 5.75 Å². The van der Waals surface area contributed by atoms with Gasteiger partial charge in [0.1, 0.15) is 12.4 Å². The molecule has 106 valence electrons. The average molecular weight is 289 g/mol. The van der Waals surface area contributed by atoms with Crippen LogP contribution in [0.3, 0.4) is 0 Å². The van der Waals surface area contributed by atoms with E-state index in [0.29, 0.717) is 24.2 Å². The monoisotopic (exact) mass is 289 g/mol. The third-order valence-corrected chi connectivity index (χ3v) is 3.47. The molecule has 5 heteroatoms. The lowest BCUT2D eigenvalue weighted by Crippen LogP contribution is -2.36. The maximum absolute atomic E-state index is 5.76. The second-order valence-electron chi connectivity index (χ2n) is 4.95. The molecular formula is C15H19N3OS. The molecule has 1 atom stereocenters. The second-order valence-corrected chi connectivity index (χ2v) is 5.32. The van der Waals surface area contributed by atoms with E-state index in [1.165, 1.54) is 5.56 Å². The van der Waals surface area contributed by atoms with Gasteiger partial charge in [-0.15, -0.1) is 11.7 Å². The quantitative estimate of drug-likeness (QED) is 0.591. The Morgan fingerprint density at radius 3 is 2.70 bits per heavy atom. The van der Waals surface area contributed by atoms with Gasteiger partial charge in [-0.2, -0.15) is 5.11 Å². The Morgan fingerprint density at radius 2 is 2.10 bits per heavy atom. The average Bonchev–Trinajstić information content (AvgIpc) is 2.79. The standard InChI is InChI=1S/C15H19N3OS/c1-4-9-18-14(16-17-15(18)20)10-19-13-7-5-12(6-8-13)11(2)3/h4-8,11,14H,1,9-10H2,2-3H3. The summed E-state index contributed by atoms with van der Waals surface area (Å²) >= 11 is 5.12. The zero-order chi connectivity index (χ0) is 14.5. The van der Waals surface area contributed by atoms with Crippen LogP contribution in [0.15, 0.2) is 47.1 Å². The van der Waals surface area contributed by atoms with E-state index in [1.54, 1.807) is 6.08 Å². The molecule has 0 radical (unpaired) electrons. The van der Waals surface area contributed by atoms with Crippen LogP contribution in [0.2, 0.25) is 0 Å². The molecule has 4 nitrogen and oxygen atoms in total. The van der Waals surface area contributed by atoms with Gasteiger partial charge in [-0.3, -0.25) is 0 Å². The molecule has 1 aromatic rings. The molecule has 0 aliphatic carbocycles. The van der Waals surface area contributed by atoms with Gasteiger partial charge < -0.3 is 9.64 Å². The summed E-state index contributed by atoms with van der Waals surface area (Å²) in [6.07, 6.45) is 1.62. The minimum absolute atomic E-state index is 0.162. The maximum Gasteiger partial charge on any atom is 0.218 e. The molecule has 1 heterocycles. The van der Waals surface area contributed by atoms with Gasteiger partial charge in [-0.1, -0.05) is 32.1 Å². The van der Waals surface area contributed by atoms with E-state index in [-0.39, 0.29) is 6.17 Å². The topological polar surface area (TPSA) is 37.2 Å². The summed E-state index contributed by atoms with van der Waals surface area (Å²) in [5, 5.41) is 8.53. The van der Waals surface area contributed by atoms with Crippen LogP contribution in [0, 0.1) is 0 Å². The molecule has 0 saturated heterocycles. The first kappa shape index (κ1) is 14.7. The van der Waals surface area contributed by atoms with E-state index in [4.69, 9.17) is 17.0 Å². The Morgan fingerprint density at radius 1 is 1.40 bits per heavy atom. The molecule has 0 amide bonds. The molecular weight excluding hydrogens is 270 g/mol. The number of rotatable bonds is 6. The molecule has 1 aliphatic rings. The van der Waals surface area contributed by atoms with E-state index >= 15 is 0 Å². The van der Waals surface area contributed by atoms with Gasteiger partial charge in [0, 0.05) is 6.54 Å². The molecule has 0 spiro atoms. The maximum atomic E-state index is 5.76. The lowest BCUT2D eigenvalue weighted by molar-refractivity contribution is 0.220. The van der Waals surface area contributed by atoms with Crippen molar-refractivity contribution in [2.75, 3.05) is 13.2 Å². The second kappa shape index (κ2) is 6.61. The summed E-state index contributed by atoms with van der Waals surface area (Å²) in [6.45, 7) is 9.11. The molecule has 0 bridgehead atoms. The van der Waals surface area contributed by atoms with Crippen molar-refractivity contribution >= 4 is 17.3 Å². The van der Waals surface area contributed by atoms with E-state index < -0.39 is 0 Å². The largest absolute Gasteiger partial charge is 0.489 e. The normalized spacial score (nSPS) is 17.9. The molecule has 0 N–H and O–H groups in total. The minimum Gasteiger partial charge on any atom is -0.489 e. The van der Waals surface area contributed by atoms with Crippen molar-refractivity contribution < 1.29 is 4.74 Å². The van der Waals surface area contributed by atoms with Gasteiger partial charge in [-0.05, 0) is 35.8 Å². The van der Waals surface area contributed by atoms with Crippen LogP contribution < -0.4 is 4.74 Å². The van der Waals surface area contributed by atoms with E-state index in [1.807, 2.05) is 17.0 Å². The lowest BCUT2D eigenvalue weighted by Gasteiger charge is -2.21. The smallest absolute Gasteiger partial charge is 0.218 e. The first-order chi connectivity index (χ1) is 9.61. The number of hydrogen-bond acceptors (Lipinski definition) is 3. The summed E-state index contributed by atoms with van der Waals surface area (Å²) in [5.74, 6) is 1.36. The highest BCUT2D eigenvalue weighted by Gasteiger charge is 2.25. The Labute approximate surface area is 125 Å². The third kappa shape index (κ3) is 3.42. The highest BCUT2D eigenvalue weighted by atomic mass is 32.1. The van der Waals surface area contributed by atoms with Crippen molar-refractivity contribution in [3.63, 3.8) is 0 Å². The number of benzene rings is 1. The summed E-state index contributed by atoms with van der Waals surface area (Å²) in [6, 6.07) is 8.14. The fourth-order valence-electron chi connectivity index (χ4n) is 1.95. The van der Waals surface area contributed by atoms with Crippen molar-refractivity contribution in [2.24, 2.45) is 10.2 Å². The minimum atomic E-state index is -0.162. The molecule has 2 rings (SSSR count). The first-order valence-corrected chi connectivity index (χ1v) is 7.07. The van der Waals surface area contributed by atoms with Crippen molar-refractivity contribution in [3.8, 4) is 5.75 Å². The Balaban J connectivity index is 1.93. The Bertz CT molecular complexity index is 510. The molecule has 1 aliphatic heterocycles. The molecule has 20 heavy (non-hydrogen) atoms. The highest BCUT2D eigenvalue weighted by molar-refractivity contribution is 7.80. The Hall–Kier alpha value is -1.75. The van der Waals surface area contributed by atoms with Crippen LogP contribution in [0.5, 0.6) is 5.75 Å².